The summed E-state index contributed by atoms with van der Waals surface area (Å²) in [5.41, 5.74) is -1.16. The number of rotatable bonds is 10. The van der Waals surface area contributed by atoms with Gasteiger partial charge in [0.1, 0.15) is 0 Å². The fourth-order valence-corrected chi connectivity index (χ4v) is 9.91. The lowest BCUT2D eigenvalue weighted by Gasteiger charge is -2.49. The molecule has 5 heterocycles. The molecule has 5 saturated heterocycles. The summed E-state index contributed by atoms with van der Waals surface area (Å²) in [5.74, 6) is -4.97. The van der Waals surface area contributed by atoms with E-state index in [2.05, 4.69) is 27.7 Å². The maximum Gasteiger partial charge on any atom is 0.192 e. The van der Waals surface area contributed by atoms with Crippen LogP contribution in [-0.2, 0) is 33.2 Å². The Bertz CT molecular complexity index is 1110. The summed E-state index contributed by atoms with van der Waals surface area (Å²) < 4.78 is 39.3. The molecule has 17 atom stereocenters. The van der Waals surface area contributed by atoms with E-state index in [1.807, 2.05) is 20.8 Å². The van der Waals surface area contributed by atoms with Gasteiger partial charge in [-0.25, -0.2) is 0 Å². The van der Waals surface area contributed by atoms with Crippen LogP contribution in [0, 0.1) is 35.5 Å². The second-order valence-corrected chi connectivity index (χ2v) is 16.3. The first-order valence-corrected chi connectivity index (χ1v) is 18.1. The Morgan fingerprint density at radius 1 is 1.04 bits per heavy atom. The molecule has 0 radical (unpaired) electrons. The standard InChI is InChI=1S/C36H62O11/c1-10-34(31-20(3)16-26(43-31)28-19(2)15-21(4)36(41,18-37)46-28)12-11-27(44-34)33(8)13-14-35(47-33)17-25(38)22(5)30(45-35)23(6)29(42-9)24(7)32(39)40/h19-31,37-38,41H,10-18H2,1-9H3,(H,39,40)/p-1/t19-,20-,21+,22+,23-,24-,25-,26+,27?,28-,29+,30-,31+,33-,34-,35?,36-/m0/s1. The minimum atomic E-state index is -1.57. The molecule has 0 aromatic carbocycles. The lowest BCUT2D eigenvalue weighted by Crippen LogP contribution is -2.57. The van der Waals surface area contributed by atoms with E-state index >= 15 is 0 Å². The van der Waals surface area contributed by atoms with Gasteiger partial charge in [0, 0.05) is 49.6 Å². The van der Waals surface area contributed by atoms with E-state index in [4.69, 9.17) is 28.4 Å². The molecule has 47 heavy (non-hydrogen) atoms. The first kappa shape index (κ1) is 37.4. The van der Waals surface area contributed by atoms with Crippen molar-refractivity contribution in [3.05, 3.63) is 0 Å². The molecule has 11 nitrogen and oxygen atoms in total. The lowest BCUT2D eigenvalue weighted by molar-refractivity contribution is -0.338. The Kier molecular flexibility index (Phi) is 10.9. The number of hydrogen-bond acceptors (Lipinski definition) is 11. The van der Waals surface area contributed by atoms with Gasteiger partial charge in [-0.15, -0.1) is 0 Å². The third-order valence-corrected chi connectivity index (χ3v) is 13.0. The number of hydrogen-bond donors (Lipinski definition) is 3. The Hall–Kier alpha value is -0.890. The molecule has 0 aromatic heterocycles. The minimum absolute atomic E-state index is 0.158. The smallest absolute Gasteiger partial charge is 0.192 e. The zero-order chi connectivity index (χ0) is 34.7. The number of carbonyl (C=O) groups is 1. The third-order valence-electron chi connectivity index (χ3n) is 13.0. The number of aliphatic hydroxyl groups excluding tert-OH is 2. The fraction of sp³-hybridized carbons (Fsp3) is 0.972. The van der Waals surface area contributed by atoms with Gasteiger partial charge < -0.3 is 53.6 Å². The number of aliphatic hydroxyl groups is 3. The molecule has 0 saturated carbocycles. The van der Waals surface area contributed by atoms with Crippen LogP contribution in [-0.4, -0.2) is 101 Å². The van der Waals surface area contributed by atoms with Crippen LogP contribution in [0.3, 0.4) is 0 Å². The normalized spacial score (nSPS) is 50.9. The van der Waals surface area contributed by atoms with Crippen LogP contribution in [0.5, 0.6) is 0 Å². The fourth-order valence-electron chi connectivity index (χ4n) is 9.91. The average molecular weight is 670 g/mol. The number of methoxy groups -OCH3 is 1. The number of carboxylic acids is 1. The summed E-state index contributed by atoms with van der Waals surface area (Å²) in [5, 5.41) is 43.9. The molecule has 5 aliphatic heterocycles. The Labute approximate surface area is 281 Å². The molecule has 0 aliphatic carbocycles. The molecule has 11 heteroatoms. The van der Waals surface area contributed by atoms with Gasteiger partial charge >= 0.3 is 0 Å². The summed E-state index contributed by atoms with van der Waals surface area (Å²) in [6, 6.07) is 0. The van der Waals surface area contributed by atoms with Gasteiger partial charge in [-0.05, 0) is 57.3 Å². The minimum Gasteiger partial charge on any atom is -0.550 e. The zero-order valence-corrected chi connectivity index (χ0v) is 30.0. The van der Waals surface area contributed by atoms with Crippen molar-refractivity contribution < 1.29 is 53.6 Å². The van der Waals surface area contributed by atoms with Gasteiger partial charge in [-0.3, -0.25) is 0 Å². The molecule has 5 aliphatic rings. The summed E-state index contributed by atoms with van der Waals surface area (Å²) in [7, 11) is 1.50. The number of aliphatic carboxylic acids is 1. The Morgan fingerprint density at radius 2 is 1.74 bits per heavy atom. The van der Waals surface area contributed by atoms with Crippen LogP contribution in [0.1, 0.15) is 107 Å². The van der Waals surface area contributed by atoms with Crippen molar-refractivity contribution in [2.75, 3.05) is 13.7 Å². The average Bonchev–Trinajstić information content (AvgIpc) is 3.73. The second-order valence-electron chi connectivity index (χ2n) is 16.3. The molecule has 2 unspecified atom stereocenters. The summed E-state index contributed by atoms with van der Waals surface area (Å²) in [6.45, 7) is 15.4. The van der Waals surface area contributed by atoms with E-state index in [9.17, 15) is 25.2 Å². The highest BCUT2D eigenvalue weighted by Gasteiger charge is 2.62. The second kappa shape index (κ2) is 13.7. The Morgan fingerprint density at radius 3 is 2.36 bits per heavy atom. The first-order valence-electron chi connectivity index (χ1n) is 18.1. The van der Waals surface area contributed by atoms with Gasteiger partial charge in [0.05, 0.1) is 60.5 Å². The highest BCUT2D eigenvalue weighted by atomic mass is 16.7. The van der Waals surface area contributed by atoms with E-state index in [0.717, 1.165) is 32.1 Å². The highest BCUT2D eigenvalue weighted by molar-refractivity contribution is 5.67. The van der Waals surface area contributed by atoms with E-state index in [-0.39, 0.29) is 54.0 Å². The number of ether oxygens (including phenoxy) is 6. The van der Waals surface area contributed by atoms with Gasteiger partial charge in [-0.1, -0.05) is 48.5 Å². The number of carboxylic acid groups (broad SMARTS) is 1. The molecule has 5 fully saturated rings. The molecular formula is C36H61O11-. The van der Waals surface area contributed by atoms with Crippen LogP contribution in [0.25, 0.3) is 0 Å². The third kappa shape index (κ3) is 6.67. The molecule has 0 aromatic rings. The van der Waals surface area contributed by atoms with Crippen molar-refractivity contribution in [3.63, 3.8) is 0 Å². The summed E-state index contributed by atoms with van der Waals surface area (Å²) >= 11 is 0. The maximum absolute atomic E-state index is 11.7. The van der Waals surface area contributed by atoms with Crippen LogP contribution >= 0.6 is 0 Å². The SMILES string of the molecule is CC[C@@]1([C@@H]2O[C@@H]([C@H]3O[C@@](O)(CO)[C@H](C)C[C@@H]3C)C[C@@H]2C)CCC([C@]2(C)CCC3(C[C@H](O)[C@@H](C)[C@@H]([C@@H](C)[C@@H](OC)[C@H](C)C(=O)[O-])O3)O2)O1. The predicted octanol–water partition coefficient (Wildman–Crippen LogP) is 2.94. The summed E-state index contributed by atoms with van der Waals surface area (Å²) in [4.78, 5) is 11.7. The van der Waals surface area contributed by atoms with Crippen molar-refractivity contribution in [2.45, 2.75) is 172 Å². The van der Waals surface area contributed by atoms with Crippen LogP contribution in [0.2, 0.25) is 0 Å². The van der Waals surface area contributed by atoms with Crippen molar-refractivity contribution in [1.82, 2.24) is 0 Å². The van der Waals surface area contributed by atoms with E-state index in [0.29, 0.717) is 19.3 Å². The Balaban J connectivity index is 1.29. The molecule has 0 bridgehead atoms. The van der Waals surface area contributed by atoms with Crippen molar-refractivity contribution in [3.8, 4) is 0 Å². The summed E-state index contributed by atoms with van der Waals surface area (Å²) in [6.07, 6.45) is 2.81. The van der Waals surface area contributed by atoms with Gasteiger partial charge in [0.15, 0.2) is 11.6 Å². The molecule has 5 rings (SSSR count). The number of carbonyl (C=O) groups excluding carboxylic acids is 1. The largest absolute Gasteiger partial charge is 0.550 e. The molecule has 3 N–H and O–H groups in total. The van der Waals surface area contributed by atoms with E-state index < -0.39 is 59.6 Å². The topological polar surface area (TPSA) is 156 Å². The zero-order valence-electron chi connectivity index (χ0n) is 30.0. The van der Waals surface area contributed by atoms with E-state index in [1.165, 1.54) is 7.11 Å². The monoisotopic (exact) mass is 669 g/mol. The molecule has 1 spiro atoms. The first-order chi connectivity index (χ1) is 22.0. The van der Waals surface area contributed by atoms with Crippen molar-refractivity contribution in [2.24, 2.45) is 35.5 Å². The van der Waals surface area contributed by atoms with Crippen LogP contribution < -0.4 is 5.11 Å². The maximum atomic E-state index is 11.7. The van der Waals surface area contributed by atoms with Crippen molar-refractivity contribution in [1.29, 1.82) is 0 Å². The molecule has 0 amide bonds. The van der Waals surface area contributed by atoms with Gasteiger partial charge in [-0.2, -0.15) is 0 Å². The van der Waals surface area contributed by atoms with Crippen molar-refractivity contribution >= 4 is 5.97 Å². The quantitative estimate of drug-likeness (QED) is 0.314. The van der Waals surface area contributed by atoms with Crippen LogP contribution in [0.15, 0.2) is 0 Å². The highest BCUT2D eigenvalue weighted by Crippen LogP contribution is 2.55. The van der Waals surface area contributed by atoms with Gasteiger partial charge in [0.25, 0.3) is 0 Å². The van der Waals surface area contributed by atoms with E-state index in [1.54, 1.807) is 6.92 Å². The molecular weight excluding hydrogens is 608 g/mol. The van der Waals surface area contributed by atoms with Gasteiger partial charge in [0.2, 0.25) is 0 Å². The lowest BCUT2D eigenvalue weighted by atomic mass is 9.78. The molecule has 272 valence electrons. The van der Waals surface area contributed by atoms with Crippen LogP contribution in [0.4, 0.5) is 0 Å². The predicted molar refractivity (Wildman–Crippen MR) is 170 cm³/mol.